The fourth-order valence-electron chi connectivity index (χ4n) is 4.09. The van der Waals surface area contributed by atoms with Gasteiger partial charge < -0.3 is 19.5 Å². The van der Waals surface area contributed by atoms with Crippen LogP contribution in [0.4, 0.5) is 0 Å². The molecule has 0 unspecified atom stereocenters. The second kappa shape index (κ2) is 9.55. The van der Waals surface area contributed by atoms with Gasteiger partial charge in [0.25, 0.3) is 5.91 Å². The molecule has 1 amide bonds. The van der Waals surface area contributed by atoms with Crippen molar-refractivity contribution in [2.75, 3.05) is 0 Å². The molecule has 2 aromatic heterocycles. The Labute approximate surface area is 200 Å². The zero-order valence-electron chi connectivity index (χ0n) is 17.7. The Bertz CT molecular complexity index is 1260. The summed E-state index contributed by atoms with van der Waals surface area (Å²) in [4.78, 5) is 12.6. The van der Waals surface area contributed by atoms with Gasteiger partial charge >= 0.3 is 0 Å². The predicted octanol–water partition coefficient (Wildman–Crippen LogP) is 5.62. The Morgan fingerprint density at radius 1 is 0.909 bits per heavy atom. The van der Waals surface area contributed by atoms with Crippen molar-refractivity contribution >= 4 is 40.1 Å². The number of hydrogen-bond acceptors (Lipinski definition) is 6. The standard InChI is InChI=1S/C24H22Cl2N4O3/c25-16-3-1-14(2-4-16)24-30-29-22(33-24)13-27-18-6-8-19(9-7-18)28-23(31)21-12-15-11-17(26)5-10-20(15)32-21/h1-5,10-12,18-19,27H,6-9,13H2,(H,28,31). The number of benzene rings is 2. The van der Waals surface area contributed by atoms with E-state index in [-0.39, 0.29) is 11.9 Å². The van der Waals surface area contributed by atoms with Crippen LogP contribution < -0.4 is 10.6 Å². The highest BCUT2D eigenvalue weighted by molar-refractivity contribution is 6.31. The highest BCUT2D eigenvalue weighted by Gasteiger charge is 2.24. The quantitative estimate of drug-likeness (QED) is 0.368. The van der Waals surface area contributed by atoms with Gasteiger partial charge in [-0.1, -0.05) is 23.2 Å². The zero-order chi connectivity index (χ0) is 22.8. The molecule has 4 aromatic rings. The first-order valence-corrected chi connectivity index (χ1v) is 11.6. The monoisotopic (exact) mass is 484 g/mol. The Kier molecular flexibility index (Phi) is 6.35. The van der Waals surface area contributed by atoms with E-state index in [0.29, 0.717) is 45.8 Å². The van der Waals surface area contributed by atoms with Crippen molar-refractivity contribution in [1.82, 2.24) is 20.8 Å². The number of nitrogens with one attached hydrogen (secondary N) is 2. The molecule has 7 nitrogen and oxygen atoms in total. The van der Waals surface area contributed by atoms with Crippen molar-refractivity contribution in [3.63, 3.8) is 0 Å². The highest BCUT2D eigenvalue weighted by Crippen LogP contribution is 2.25. The summed E-state index contributed by atoms with van der Waals surface area (Å²) in [6.45, 7) is 0.504. The summed E-state index contributed by atoms with van der Waals surface area (Å²) in [5.41, 5.74) is 1.49. The van der Waals surface area contributed by atoms with E-state index in [1.807, 2.05) is 12.1 Å². The summed E-state index contributed by atoms with van der Waals surface area (Å²) in [5, 5.41) is 16.9. The van der Waals surface area contributed by atoms with Crippen molar-refractivity contribution in [3.8, 4) is 11.5 Å². The summed E-state index contributed by atoms with van der Waals surface area (Å²) in [6, 6.07) is 14.8. The minimum atomic E-state index is -0.195. The van der Waals surface area contributed by atoms with Gasteiger partial charge in [-0.3, -0.25) is 4.79 Å². The van der Waals surface area contributed by atoms with E-state index >= 15 is 0 Å². The van der Waals surface area contributed by atoms with Gasteiger partial charge in [-0.15, -0.1) is 10.2 Å². The number of carbonyl (C=O) groups excluding carboxylic acids is 1. The lowest BCUT2D eigenvalue weighted by molar-refractivity contribution is 0.0898. The first-order chi connectivity index (χ1) is 16.0. The molecule has 170 valence electrons. The van der Waals surface area contributed by atoms with Crippen LogP contribution in [0.5, 0.6) is 0 Å². The van der Waals surface area contributed by atoms with Crippen LogP contribution in [-0.2, 0) is 6.54 Å². The van der Waals surface area contributed by atoms with Crippen LogP contribution in [0, 0.1) is 0 Å². The van der Waals surface area contributed by atoms with Gasteiger partial charge in [-0.2, -0.15) is 0 Å². The summed E-state index contributed by atoms with van der Waals surface area (Å²) in [6.07, 6.45) is 3.66. The fraction of sp³-hybridized carbons (Fsp3) is 0.292. The van der Waals surface area contributed by atoms with Crippen molar-refractivity contribution in [2.24, 2.45) is 0 Å². The van der Waals surface area contributed by atoms with Gasteiger partial charge in [0, 0.05) is 33.1 Å². The fourth-order valence-corrected chi connectivity index (χ4v) is 4.40. The average Bonchev–Trinajstić information content (AvgIpc) is 3.46. The lowest BCUT2D eigenvalue weighted by Gasteiger charge is -2.29. The Hall–Kier alpha value is -2.87. The third kappa shape index (κ3) is 5.21. The number of halogens is 2. The van der Waals surface area contributed by atoms with E-state index in [0.717, 1.165) is 36.6 Å². The minimum absolute atomic E-state index is 0.118. The van der Waals surface area contributed by atoms with Gasteiger partial charge in [-0.05, 0) is 74.2 Å². The minimum Gasteiger partial charge on any atom is -0.451 e. The molecule has 2 aromatic carbocycles. The second-order valence-electron chi connectivity index (χ2n) is 8.20. The molecular weight excluding hydrogens is 463 g/mol. The molecule has 0 saturated heterocycles. The molecule has 0 radical (unpaired) electrons. The van der Waals surface area contributed by atoms with E-state index in [9.17, 15) is 4.79 Å². The highest BCUT2D eigenvalue weighted by atomic mass is 35.5. The smallest absolute Gasteiger partial charge is 0.287 e. The van der Waals surface area contributed by atoms with Crippen molar-refractivity contribution in [3.05, 3.63) is 70.2 Å². The second-order valence-corrected chi connectivity index (χ2v) is 9.08. The summed E-state index contributed by atoms with van der Waals surface area (Å²) >= 11 is 11.9. The molecule has 5 rings (SSSR count). The molecule has 0 aliphatic heterocycles. The van der Waals surface area contributed by atoms with Gasteiger partial charge in [0.2, 0.25) is 11.8 Å². The number of fused-ring (bicyclic) bond motifs is 1. The Balaban J connectivity index is 1.09. The molecule has 9 heteroatoms. The molecule has 1 fully saturated rings. The number of hydrogen-bond donors (Lipinski definition) is 2. The molecule has 1 saturated carbocycles. The maximum atomic E-state index is 12.6. The third-order valence-corrected chi connectivity index (χ3v) is 6.35. The summed E-state index contributed by atoms with van der Waals surface area (Å²) in [7, 11) is 0. The van der Waals surface area contributed by atoms with Gasteiger partial charge in [-0.25, -0.2) is 0 Å². The number of carbonyl (C=O) groups is 1. The molecule has 0 spiro atoms. The molecule has 1 aliphatic rings. The van der Waals surface area contributed by atoms with Crippen LogP contribution in [0.15, 0.2) is 57.4 Å². The maximum Gasteiger partial charge on any atom is 0.287 e. The van der Waals surface area contributed by atoms with E-state index < -0.39 is 0 Å². The molecule has 2 N–H and O–H groups in total. The van der Waals surface area contributed by atoms with Crippen LogP contribution in [0.3, 0.4) is 0 Å². The largest absolute Gasteiger partial charge is 0.451 e. The van der Waals surface area contributed by atoms with Crippen molar-refractivity contribution < 1.29 is 13.6 Å². The molecule has 0 bridgehead atoms. The first kappa shape index (κ1) is 21.9. The van der Waals surface area contributed by atoms with Crippen LogP contribution in [0.25, 0.3) is 22.4 Å². The van der Waals surface area contributed by atoms with E-state index in [1.54, 1.807) is 36.4 Å². The predicted molar refractivity (Wildman–Crippen MR) is 126 cm³/mol. The molecule has 2 heterocycles. The SMILES string of the molecule is O=C(NC1CCC(NCc2nnc(-c3ccc(Cl)cc3)o2)CC1)c1cc2cc(Cl)ccc2o1. The lowest BCUT2D eigenvalue weighted by atomic mass is 9.91. The van der Waals surface area contributed by atoms with E-state index in [4.69, 9.17) is 32.0 Å². The lowest BCUT2D eigenvalue weighted by Crippen LogP contribution is -2.42. The van der Waals surface area contributed by atoms with E-state index in [1.165, 1.54) is 0 Å². The van der Waals surface area contributed by atoms with Gasteiger partial charge in [0.1, 0.15) is 5.58 Å². The average molecular weight is 485 g/mol. The third-order valence-electron chi connectivity index (χ3n) is 5.86. The van der Waals surface area contributed by atoms with Crippen molar-refractivity contribution in [2.45, 2.75) is 44.3 Å². The van der Waals surface area contributed by atoms with Crippen molar-refractivity contribution in [1.29, 1.82) is 0 Å². The number of rotatable bonds is 6. The number of furan rings is 1. The summed E-state index contributed by atoms with van der Waals surface area (Å²) < 4.78 is 11.4. The Morgan fingerprint density at radius 3 is 2.42 bits per heavy atom. The van der Waals surface area contributed by atoms with Crippen LogP contribution in [0.1, 0.15) is 42.1 Å². The molecule has 1 aliphatic carbocycles. The first-order valence-electron chi connectivity index (χ1n) is 10.9. The molecule has 33 heavy (non-hydrogen) atoms. The Morgan fingerprint density at radius 2 is 1.64 bits per heavy atom. The number of nitrogens with zero attached hydrogens (tertiary/aromatic N) is 2. The van der Waals surface area contributed by atoms with Crippen LogP contribution in [0.2, 0.25) is 10.0 Å². The van der Waals surface area contributed by atoms with Crippen LogP contribution >= 0.6 is 23.2 Å². The topological polar surface area (TPSA) is 93.2 Å². The van der Waals surface area contributed by atoms with Gasteiger partial charge in [0.05, 0.1) is 6.54 Å². The molecule has 0 atom stereocenters. The van der Waals surface area contributed by atoms with E-state index in [2.05, 4.69) is 20.8 Å². The van der Waals surface area contributed by atoms with Gasteiger partial charge in [0.15, 0.2) is 5.76 Å². The molecular formula is C24H22Cl2N4O3. The van der Waals surface area contributed by atoms with Crippen LogP contribution in [-0.4, -0.2) is 28.2 Å². The maximum absolute atomic E-state index is 12.6. The normalized spacial score (nSPS) is 18.5. The zero-order valence-corrected chi connectivity index (χ0v) is 19.2. The number of amides is 1. The number of aromatic nitrogens is 2. The summed E-state index contributed by atoms with van der Waals surface area (Å²) in [5.74, 6) is 1.13.